The summed E-state index contributed by atoms with van der Waals surface area (Å²) in [5.74, 6) is -0.0491. The van der Waals surface area contributed by atoms with Crippen LogP contribution in [-0.2, 0) is 11.0 Å². The summed E-state index contributed by atoms with van der Waals surface area (Å²) in [5.41, 5.74) is 0.973. The monoisotopic (exact) mass is 388 g/mol. The Morgan fingerprint density at radius 1 is 1.21 bits per heavy atom. The number of oxazole rings is 1. The number of para-hydroxylation sites is 2. The van der Waals surface area contributed by atoms with Crippen molar-refractivity contribution in [3.05, 3.63) is 71.6 Å². The first kappa shape index (κ1) is 19.7. The molecular weight excluding hydrogens is 369 g/mol. The molecule has 3 aromatic rings. The molecule has 1 heterocycles. The Morgan fingerprint density at radius 2 is 1.96 bits per heavy atom. The van der Waals surface area contributed by atoms with Gasteiger partial charge in [0.25, 0.3) is 0 Å². The average Bonchev–Trinajstić information content (AvgIpc) is 3.09. The summed E-state index contributed by atoms with van der Waals surface area (Å²) in [5, 5.41) is 0. The molecule has 0 radical (unpaired) electrons. The molecule has 0 aliphatic heterocycles. The third-order valence-corrected chi connectivity index (χ3v) is 4.47. The first-order valence-corrected chi connectivity index (χ1v) is 8.81. The molecule has 2 aromatic carbocycles. The molecule has 1 aromatic heterocycles. The molecule has 0 spiro atoms. The van der Waals surface area contributed by atoms with Crippen LogP contribution < -0.4 is 0 Å². The second kappa shape index (κ2) is 7.88. The lowest BCUT2D eigenvalue weighted by molar-refractivity contribution is -0.137. The van der Waals surface area contributed by atoms with Crippen molar-refractivity contribution in [2.45, 2.75) is 26.1 Å². The highest BCUT2D eigenvalue weighted by Gasteiger charge is 2.31. The lowest BCUT2D eigenvalue weighted by Gasteiger charge is -2.27. The van der Waals surface area contributed by atoms with Gasteiger partial charge in [0.05, 0.1) is 11.6 Å². The van der Waals surface area contributed by atoms with Crippen LogP contribution in [0.25, 0.3) is 17.2 Å². The molecular formula is C21H19F3N2O2. The van der Waals surface area contributed by atoms with Crippen LogP contribution in [-0.4, -0.2) is 22.3 Å². The first-order chi connectivity index (χ1) is 13.3. The summed E-state index contributed by atoms with van der Waals surface area (Å²) in [6.07, 6.45) is -1.65. The van der Waals surface area contributed by atoms with Crippen molar-refractivity contribution in [1.82, 2.24) is 9.88 Å². The van der Waals surface area contributed by atoms with Crippen LogP contribution >= 0.6 is 0 Å². The van der Waals surface area contributed by atoms with E-state index in [9.17, 15) is 18.0 Å². The van der Waals surface area contributed by atoms with Gasteiger partial charge in [-0.15, -0.1) is 0 Å². The van der Waals surface area contributed by atoms with Gasteiger partial charge in [0, 0.05) is 18.7 Å². The van der Waals surface area contributed by atoms with Gasteiger partial charge in [0.1, 0.15) is 5.52 Å². The number of benzene rings is 2. The van der Waals surface area contributed by atoms with E-state index in [0.29, 0.717) is 23.2 Å². The molecule has 1 amide bonds. The van der Waals surface area contributed by atoms with Gasteiger partial charge in [-0.2, -0.15) is 13.2 Å². The van der Waals surface area contributed by atoms with Crippen LogP contribution in [0.15, 0.2) is 59.0 Å². The summed E-state index contributed by atoms with van der Waals surface area (Å²) >= 11 is 0. The molecule has 0 aliphatic carbocycles. The molecule has 0 N–H and O–H groups in total. The quantitative estimate of drug-likeness (QED) is 0.545. The zero-order chi connectivity index (χ0) is 20.3. The first-order valence-electron chi connectivity index (χ1n) is 8.81. The second-order valence-electron chi connectivity index (χ2n) is 6.28. The van der Waals surface area contributed by atoms with Gasteiger partial charge in [0.2, 0.25) is 11.8 Å². The molecule has 4 nitrogen and oxygen atoms in total. The third kappa shape index (κ3) is 4.24. The van der Waals surface area contributed by atoms with Crippen molar-refractivity contribution < 1.29 is 22.4 Å². The van der Waals surface area contributed by atoms with E-state index in [0.717, 1.165) is 12.1 Å². The number of fused-ring (bicyclic) bond motifs is 1. The Kier molecular flexibility index (Phi) is 5.53. The van der Waals surface area contributed by atoms with Crippen LogP contribution in [0.5, 0.6) is 0 Å². The highest BCUT2D eigenvalue weighted by Crippen LogP contribution is 2.32. The number of likely N-dealkylation sites (N-methyl/N-ethyl adjacent to an activating group) is 1. The molecule has 0 fully saturated rings. The molecule has 0 saturated carbocycles. The Hall–Kier alpha value is -3.09. The number of hydrogen-bond donors (Lipinski definition) is 0. The lowest BCUT2D eigenvalue weighted by atomic mass is 10.0. The van der Waals surface area contributed by atoms with Crippen LogP contribution in [0.4, 0.5) is 13.2 Å². The normalized spacial score (nSPS) is 13.2. The van der Waals surface area contributed by atoms with Crippen molar-refractivity contribution in [1.29, 1.82) is 0 Å². The smallest absolute Gasteiger partial charge is 0.416 e. The Morgan fingerprint density at radius 3 is 2.64 bits per heavy atom. The maximum absolute atomic E-state index is 13.0. The van der Waals surface area contributed by atoms with E-state index in [-0.39, 0.29) is 11.8 Å². The lowest BCUT2D eigenvalue weighted by Crippen LogP contribution is -2.32. The zero-order valence-electron chi connectivity index (χ0n) is 15.4. The number of carbonyl (C=O) groups is 1. The number of halogens is 3. The fourth-order valence-electron chi connectivity index (χ4n) is 2.97. The van der Waals surface area contributed by atoms with E-state index in [2.05, 4.69) is 4.98 Å². The minimum Gasteiger partial charge on any atom is -0.437 e. The summed E-state index contributed by atoms with van der Waals surface area (Å²) in [6.45, 7) is 3.81. The highest BCUT2D eigenvalue weighted by atomic mass is 19.4. The second-order valence-corrected chi connectivity index (χ2v) is 6.28. The fraction of sp³-hybridized carbons (Fsp3) is 0.238. The molecule has 3 rings (SSSR count). The van der Waals surface area contributed by atoms with Crippen molar-refractivity contribution in [2.24, 2.45) is 0 Å². The van der Waals surface area contributed by atoms with Gasteiger partial charge < -0.3 is 9.32 Å². The van der Waals surface area contributed by atoms with E-state index in [1.54, 1.807) is 32.0 Å². The van der Waals surface area contributed by atoms with Gasteiger partial charge in [-0.25, -0.2) is 4.98 Å². The van der Waals surface area contributed by atoms with Crippen molar-refractivity contribution in [3.63, 3.8) is 0 Å². The SMILES string of the molecule is CCN(C(=O)/C=C/c1nc2ccccc2o1)C(C)c1cccc(C(F)(F)F)c1. The Bertz CT molecular complexity index is 975. The third-order valence-electron chi connectivity index (χ3n) is 4.47. The summed E-state index contributed by atoms with van der Waals surface area (Å²) in [4.78, 5) is 18.3. The number of carbonyl (C=O) groups excluding carboxylic acids is 1. The van der Waals surface area contributed by atoms with Crippen molar-refractivity contribution in [3.8, 4) is 0 Å². The molecule has 146 valence electrons. The number of aromatic nitrogens is 1. The molecule has 0 saturated heterocycles. The minimum absolute atomic E-state index is 0.289. The topological polar surface area (TPSA) is 46.3 Å². The van der Waals surface area contributed by atoms with Gasteiger partial charge in [0.15, 0.2) is 5.58 Å². The largest absolute Gasteiger partial charge is 0.437 e. The van der Waals surface area contributed by atoms with Crippen LogP contribution in [0.1, 0.15) is 36.9 Å². The molecule has 1 atom stereocenters. The average molecular weight is 388 g/mol. The standard InChI is InChI=1S/C21H19F3N2O2/c1-3-26(14(2)15-7-6-8-16(13-15)21(22,23)24)20(27)12-11-19-25-17-9-4-5-10-18(17)28-19/h4-14H,3H2,1-2H3/b12-11+. The number of amides is 1. The zero-order valence-corrected chi connectivity index (χ0v) is 15.4. The Labute approximate surface area is 160 Å². The van der Waals surface area contributed by atoms with E-state index in [1.807, 2.05) is 12.1 Å². The van der Waals surface area contributed by atoms with Gasteiger partial charge >= 0.3 is 6.18 Å². The summed E-state index contributed by atoms with van der Waals surface area (Å²) in [7, 11) is 0. The van der Waals surface area contributed by atoms with Crippen LogP contribution in [0.3, 0.4) is 0 Å². The number of hydrogen-bond acceptors (Lipinski definition) is 3. The fourth-order valence-corrected chi connectivity index (χ4v) is 2.97. The van der Waals surface area contributed by atoms with E-state index in [4.69, 9.17) is 4.42 Å². The molecule has 0 aliphatic rings. The van der Waals surface area contributed by atoms with Gasteiger partial charge in [-0.1, -0.05) is 24.3 Å². The van der Waals surface area contributed by atoms with E-state index < -0.39 is 17.8 Å². The van der Waals surface area contributed by atoms with Crippen molar-refractivity contribution >= 4 is 23.1 Å². The number of alkyl halides is 3. The maximum atomic E-state index is 13.0. The predicted molar refractivity (Wildman–Crippen MR) is 100 cm³/mol. The van der Waals surface area contributed by atoms with Gasteiger partial charge in [-0.05, 0) is 43.7 Å². The molecule has 1 unspecified atom stereocenters. The highest BCUT2D eigenvalue weighted by molar-refractivity contribution is 5.91. The molecule has 28 heavy (non-hydrogen) atoms. The van der Waals surface area contributed by atoms with E-state index in [1.165, 1.54) is 23.1 Å². The van der Waals surface area contributed by atoms with Gasteiger partial charge in [-0.3, -0.25) is 4.79 Å². The molecule has 0 bridgehead atoms. The van der Waals surface area contributed by atoms with E-state index >= 15 is 0 Å². The Balaban J connectivity index is 1.79. The summed E-state index contributed by atoms with van der Waals surface area (Å²) < 4.78 is 44.4. The van der Waals surface area contributed by atoms with Crippen LogP contribution in [0.2, 0.25) is 0 Å². The van der Waals surface area contributed by atoms with Crippen LogP contribution in [0, 0.1) is 0 Å². The number of nitrogens with zero attached hydrogens (tertiary/aromatic N) is 2. The minimum atomic E-state index is -4.43. The maximum Gasteiger partial charge on any atom is 0.416 e. The number of rotatable bonds is 5. The molecule has 7 heteroatoms. The summed E-state index contributed by atoms with van der Waals surface area (Å²) in [6, 6.07) is 11.7. The predicted octanol–water partition coefficient (Wildman–Crippen LogP) is 5.47. The van der Waals surface area contributed by atoms with Crippen molar-refractivity contribution in [2.75, 3.05) is 6.54 Å².